The molecule has 2 aromatic rings. The first-order chi connectivity index (χ1) is 22.6. The highest BCUT2D eigenvalue weighted by Gasteiger charge is 2.39. The van der Waals surface area contributed by atoms with Crippen LogP contribution in [0.4, 0.5) is 4.79 Å². The van der Waals surface area contributed by atoms with Gasteiger partial charge in [0.1, 0.15) is 23.5 Å². The molecule has 15 heteroatoms. The Morgan fingerprint density at radius 2 is 1.68 bits per heavy atom. The number of hydrogen-bond acceptors (Lipinski definition) is 9. The fourth-order valence-corrected chi connectivity index (χ4v) is 6.08. The molecule has 5 amide bonds. The Balaban J connectivity index is 1.25. The third-order valence-electron chi connectivity index (χ3n) is 8.71. The van der Waals surface area contributed by atoms with Crippen molar-refractivity contribution in [3.8, 4) is 5.75 Å². The fraction of sp³-hybridized carbons (Fsp3) is 0.531. The van der Waals surface area contributed by atoms with Gasteiger partial charge in [-0.1, -0.05) is 25.0 Å². The second kappa shape index (κ2) is 15.1. The number of carbonyl (C=O) groups is 6. The van der Waals surface area contributed by atoms with Crippen LogP contribution in [0.3, 0.4) is 0 Å². The Hall–Kier alpha value is -4.95. The summed E-state index contributed by atoms with van der Waals surface area (Å²) in [4.78, 5) is 85.0. The number of nitrogens with one attached hydrogen (secondary N) is 2. The van der Waals surface area contributed by atoms with Gasteiger partial charge in [0.2, 0.25) is 11.8 Å². The fourth-order valence-electron chi connectivity index (χ4n) is 6.08. The van der Waals surface area contributed by atoms with Gasteiger partial charge >= 0.3 is 12.1 Å². The highest BCUT2D eigenvalue weighted by atomic mass is 16.6. The van der Waals surface area contributed by atoms with Gasteiger partial charge in [-0.05, 0) is 38.3 Å². The van der Waals surface area contributed by atoms with Crippen molar-refractivity contribution in [2.45, 2.75) is 63.6 Å². The molecule has 3 fully saturated rings. The zero-order valence-electron chi connectivity index (χ0n) is 26.3. The number of aromatic nitrogens is 1. The van der Waals surface area contributed by atoms with E-state index in [4.69, 9.17) is 9.47 Å². The molecular formula is C32H40N6O9. The van der Waals surface area contributed by atoms with Crippen LogP contribution in [0.15, 0.2) is 30.3 Å². The number of fused-ring (bicyclic) bond motifs is 1. The molecule has 15 nitrogen and oxygen atoms in total. The van der Waals surface area contributed by atoms with E-state index in [-0.39, 0.29) is 68.7 Å². The number of para-hydroxylation sites is 1. The van der Waals surface area contributed by atoms with Crippen molar-refractivity contribution in [2.24, 2.45) is 0 Å². The Bertz CT molecular complexity index is 1520. The van der Waals surface area contributed by atoms with E-state index in [1.165, 1.54) is 20.8 Å². The number of carboxylic acid groups (broad SMARTS) is 1. The van der Waals surface area contributed by atoms with Crippen LogP contribution in [-0.2, 0) is 23.9 Å². The van der Waals surface area contributed by atoms with E-state index in [9.17, 15) is 33.9 Å². The molecule has 1 saturated carbocycles. The van der Waals surface area contributed by atoms with Crippen molar-refractivity contribution in [1.29, 1.82) is 0 Å². The Kier molecular flexibility index (Phi) is 10.7. The lowest BCUT2D eigenvalue weighted by Gasteiger charge is -2.40. The van der Waals surface area contributed by atoms with Crippen LogP contribution in [0, 0.1) is 0 Å². The predicted octanol–water partition coefficient (Wildman–Crippen LogP) is 1.15. The summed E-state index contributed by atoms with van der Waals surface area (Å²) in [5, 5.41) is 15.6. The molecule has 2 atom stereocenters. The first kappa shape index (κ1) is 33.4. The van der Waals surface area contributed by atoms with Crippen LogP contribution >= 0.6 is 0 Å². The summed E-state index contributed by atoms with van der Waals surface area (Å²) in [5.74, 6) is -3.03. The molecule has 2 aliphatic heterocycles. The molecule has 2 saturated heterocycles. The van der Waals surface area contributed by atoms with E-state index in [1.54, 1.807) is 31.2 Å². The van der Waals surface area contributed by atoms with Crippen molar-refractivity contribution in [3.05, 3.63) is 36.0 Å². The van der Waals surface area contributed by atoms with E-state index >= 15 is 0 Å². The molecule has 0 bridgehead atoms. The van der Waals surface area contributed by atoms with Gasteiger partial charge in [0.15, 0.2) is 6.61 Å². The molecule has 3 aliphatic rings. The highest BCUT2D eigenvalue weighted by molar-refractivity contribution is 6.00. The van der Waals surface area contributed by atoms with Gasteiger partial charge in [0.25, 0.3) is 11.8 Å². The lowest BCUT2D eigenvalue weighted by Crippen LogP contribution is -2.60. The van der Waals surface area contributed by atoms with Crippen molar-refractivity contribution >= 4 is 46.6 Å². The second-order valence-corrected chi connectivity index (χ2v) is 11.8. The number of aliphatic carboxylic acids is 1. The topological polar surface area (TPSA) is 188 Å². The molecule has 5 rings (SSSR count). The number of amides is 5. The predicted molar refractivity (Wildman–Crippen MR) is 166 cm³/mol. The molecular weight excluding hydrogens is 612 g/mol. The number of carboxylic acids is 1. The van der Waals surface area contributed by atoms with Crippen LogP contribution < -0.4 is 15.4 Å². The maximum Gasteiger partial charge on any atom is 0.409 e. The van der Waals surface area contributed by atoms with Gasteiger partial charge in [0.05, 0.1) is 18.5 Å². The quantitative estimate of drug-likeness (QED) is 0.318. The molecule has 1 aliphatic carbocycles. The lowest BCUT2D eigenvalue weighted by molar-refractivity contribution is -0.149. The Labute approximate surface area is 271 Å². The monoisotopic (exact) mass is 652 g/mol. The van der Waals surface area contributed by atoms with E-state index < -0.39 is 42.4 Å². The number of piperazine rings is 1. The third kappa shape index (κ3) is 8.07. The van der Waals surface area contributed by atoms with E-state index in [0.717, 1.165) is 25.7 Å². The molecule has 0 radical (unpaired) electrons. The van der Waals surface area contributed by atoms with E-state index in [2.05, 4.69) is 15.6 Å². The summed E-state index contributed by atoms with van der Waals surface area (Å²) in [6.07, 6.45) is 3.46. The molecule has 252 valence electrons. The largest absolute Gasteiger partial charge is 0.483 e. The maximum absolute atomic E-state index is 13.4. The van der Waals surface area contributed by atoms with Gasteiger partial charge in [-0.3, -0.25) is 24.0 Å². The summed E-state index contributed by atoms with van der Waals surface area (Å²) >= 11 is 0. The van der Waals surface area contributed by atoms with Crippen LogP contribution in [0.25, 0.3) is 10.9 Å². The van der Waals surface area contributed by atoms with Gasteiger partial charge < -0.3 is 39.9 Å². The minimum absolute atomic E-state index is 0.140. The smallest absolute Gasteiger partial charge is 0.409 e. The number of ether oxygens (including phenoxy) is 2. The maximum atomic E-state index is 13.4. The highest BCUT2D eigenvalue weighted by Crippen LogP contribution is 2.27. The Morgan fingerprint density at radius 3 is 2.34 bits per heavy atom. The summed E-state index contributed by atoms with van der Waals surface area (Å²) < 4.78 is 10.9. The van der Waals surface area contributed by atoms with Crippen molar-refractivity contribution in [2.75, 3.05) is 45.9 Å². The lowest BCUT2D eigenvalue weighted by atomic mass is 10.0. The first-order valence-corrected chi connectivity index (χ1v) is 16.0. The average Bonchev–Trinajstić information content (AvgIpc) is 3.55. The minimum atomic E-state index is -1.40. The molecule has 2 unspecified atom stereocenters. The van der Waals surface area contributed by atoms with Gasteiger partial charge in [-0.15, -0.1) is 0 Å². The minimum Gasteiger partial charge on any atom is -0.483 e. The average molecular weight is 653 g/mol. The first-order valence-electron chi connectivity index (χ1n) is 16.0. The van der Waals surface area contributed by atoms with E-state index in [1.807, 2.05) is 0 Å². The molecule has 3 N–H and O–H groups in total. The van der Waals surface area contributed by atoms with Gasteiger partial charge in [0, 0.05) is 50.2 Å². The van der Waals surface area contributed by atoms with Gasteiger partial charge in [-0.25, -0.2) is 9.78 Å². The van der Waals surface area contributed by atoms with Crippen LogP contribution in [0.1, 0.15) is 55.9 Å². The second-order valence-electron chi connectivity index (χ2n) is 11.8. The number of benzene rings is 1. The number of nitrogens with zero attached hydrogens (tertiary/aromatic N) is 4. The Morgan fingerprint density at radius 1 is 0.979 bits per heavy atom. The standard InChI is InChI=1S/C32H40N6O9/c1-2-46-32(45)37-15-13-36(14-16-37)31(44)24(18-28(40)41)35-29(42)23-17-26(21-9-5-6-10-22(21)34-23)47-19-27(39)38-12-11-25(38)30(43)33-20-7-3-4-8-20/h5-6,9-10,17,20,24-25H,2-4,7-8,11-16,18-19H2,1H3,(H,33,43)(H,35,42)(H,40,41). The summed E-state index contributed by atoms with van der Waals surface area (Å²) in [6.45, 7) is 2.66. The van der Waals surface area contributed by atoms with Crippen LogP contribution in [-0.4, -0.2) is 125 Å². The number of pyridine rings is 1. The normalized spacial score (nSPS) is 18.7. The SMILES string of the molecule is CCOC(=O)N1CCN(C(=O)C(CC(=O)O)NC(=O)c2cc(OCC(=O)N3CCC3C(=O)NC3CCCC3)c3ccccc3n2)CC1. The van der Waals surface area contributed by atoms with Crippen molar-refractivity contribution < 1.29 is 43.3 Å². The summed E-state index contributed by atoms with van der Waals surface area (Å²) in [5.41, 5.74) is 0.246. The third-order valence-corrected chi connectivity index (χ3v) is 8.71. The van der Waals surface area contributed by atoms with Crippen molar-refractivity contribution in [1.82, 2.24) is 30.3 Å². The summed E-state index contributed by atoms with van der Waals surface area (Å²) in [6, 6.07) is 6.39. The number of carbonyl (C=O) groups excluding carboxylic acids is 5. The van der Waals surface area contributed by atoms with Gasteiger partial charge in [-0.2, -0.15) is 0 Å². The molecule has 1 aromatic heterocycles. The van der Waals surface area contributed by atoms with Crippen molar-refractivity contribution in [3.63, 3.8) is 0 Å². The van der Waals surface area contributed by atoms with Crippen LogP contribution in [0.5, 0.6) is 5.75 Å². The van der Waals surface area contributed by atoms with E-state index in [0.29, 0.717) is 23.9 Å². The molecule has 47 heavy (non-hydrogen) atoms. The molecule has 0 spiro atoms. The number of rotatable bonds is 11. The molecule has 1 aromatic carbocycles. The summed E-state index contributed by atoms with van der Waals surface area (Å²) in [7, 11) is 0. The zero-order valence-corrected chi connectivity index (χ0v) is 26.3. The molecule has 3 heterocycles. The number of hydrogen-bond donors (Lipinski definition) is 3. The van der Waals surface area contributed by atoms with Crippen LogP contribution in [0.2, 0.25) is 0 Å². The number of likely N-dealkylation sites (tertiary alicyclic amines) is 1. The zero-order chi connectivity index (χ0) is 33.5.